The Labute approximate surface area is 164 Å². The number of imide groups is 1. The van der Waals surface area contributed by atoms with Crippen molar-refractivity contribution in [2.24, 2.45) is 0 Å². The Bertz CT molecular complexity index is 972. The van der Waals surface area contributed by atoms with Crippen molar-refractivity contribution >= 4 is 35.0 Å². The summed E-state index contributed by atoms with van der Waals surface area (Å²) in [5, 5.41) is 7.79. The number of amides is 4. The molecule has 0 bridgehead atoms. The number of hydrogen-bond donors (Lipinski definition) is 2. The van der Waals surface area contributed by atoms with Crippen LogP contribution in [0.5, 0.6) is 0 Å². The Morgan fingerprint density at radius 2 is 2.18 bits per heavy atom. The normalized spacial score (nSPS) is 20.0. The predicted molar refractivity (Wildman–Crippen MR) is 100 cm³/mol. The number of carbonyl (C=O) groups is 4. The molecule has 0 aliphatic carbocycles. The van der Waals surface area contributed by atoms with Gasteiger partial charge in [-0.25, -0.2) is 4.98 Å². The largest absolute Gasteiger partial charge is 0.343 e. The second kappa shape index (κ2) is 7.16. The van der Waals surface area contributed by atoms with Gasteiger partial charge in [0, 0.05) is 35.7 Å². The van der Waals surface area contributed by atoms with Crippen molar-refractivity contribution in [3.63, 3.8) is 0 Å². The zero-order valence-corrected chi connectivity index (χ0v) is 15.9. The molecular weight excluding hydrogens is 380 g/mol. The summed E-state index contributed by atoms with van der Waals surface area (Å²) in [5.41, 5.74) is 1.55. The molecule has 144 valence electrons. The van der Waals surface area contributed by atoms with E-state index in [1.165, 1.54) is 16.2 Å². The predicted octanol–water partition coefficient (Wildman–Crippen LogP) is 1.40. The molecule has 3 heterocycles. The molecule has 0 radical (unpaired) electrons. The average molecular weight is 398 g/mol. The minimum Gasteiger partial charge on any atom is -0.343 e. The van der Waals surface area contributed by atoms with Crippen LogP contribution in [-0.4, -0.2) is 39.6 Å². The molecular formula is C19H18N4O4S. The molecule has 28 heavy (non-hydrogen) atoms. The molecule has 9 heteroatoms. The van der Waals surface area contributed by atoms with Crippen molar-refractivity contribution in [3.05, 3.63) is 51.5 Å². The highest BCUT2D eigenvalue weighted by molar-refractivity contribution is 7.09. The van der Waals surface area contributed by atoms with Crippen molar-refractivity contribution in [1.29, 1.82) is 0 Å². The third-order valence-electron chi connectivity index (χ3n) is 4.96. The van der Waals surface area contributed by atoms with Gasteiger partial charge in [-0.1, -0.05) is 6.07 Å². The summed E-state index contributed by atoms with van der Waals surface area (Å²) in [7, 11) is 0. The zero-order valence-electron chi connectivity index (χ0n) is 15.1. The Balaban J connectivity index is 1.50. The van der Waals surface area contributed by atoms with Gasteiger partial charge in [0.2, 0.25) is 11.8 Å². The number of fused-ring (bicyclic) bond motifs is 1. The first-order valence-electron chi connectivity index (χ1n) is 8.92. The first-order chi connectivity index (χ1) is 13.4. The van der Waals surface area contributed by atoms with Crippen LogP contribution >= 0.6 is 11.3 Å². The van der Waals surface area contributed by atoms with Gasteiger partial charge in [0.15, 0.2) is 0 Å². The Morgan fingerprint density at radius 3 is 2.89 bits per heavy atom. The zero-order chi connectivity index (χ0) is 19.8. The molecule has 1 fully saturated rings. The SMILES string of the molecule is CC(NC(=O)c1ccc2c(c1)C(=O)N(C1CCC(=O)NC1=O)C2)c1nccs1. The van der Waals surface area contributed by atoms with Crippen molar-refractivity contribution in [2.45, 2.75) is 38.4 Å². The van der Waals surface area contributed by atoms with Gasteiger partial charge in [-0.05, 0) is 31.0 Å². The highest BCUT2D eigenvalue weighted by Crippen LogP contribution is 2.28. The maximum absolute atomic E-state index is 12.8. The number of benzene rings is 1. The number of nitrogens with one attached hydrogen (secondary N) is 2. The van der Waals surface area contributed by atoms with E-state index in [1.54, 1.807) is 24.4 Å². The molecule has 0 spiro atoms. The maximum Gasteiger partial charge on any atom is 0.255 e. The van der Waals surface area contributed by atoms with E-state index in [-0.39, 0.29) is 36.7 Å². The number of rotatable bonds is 4. The van der Waals surface area contributed by atoms with E-state index >= 15 is 0 Å². The van der Waals surface area contributed by atoms with Crippen molar-refractivity contribution in [3.8, 4) is 0 Å². The Kier molecular flexibility index (Phi) is 4.68. The van der Waals surface area contributed by atoms with Crippen molar-refractivity contribution < 1.29 is 19.2 Å². The number of thiazole rings is 1. The molecule has 0 saturated carbocycles. The Morgan fingerprint density at radius 1 is 1.36 bits per heavy atom. The summed E-state index contributed by atoms with van der Waals surface area (Å²) < 4.78 is 0. The second-order valence-corrected chi connectivity index (χ2v) is 7.76. The molecule has 2 aliphatic heterocycles. The first kappa shape index (κ1) is 18.3. The van der Waals surface area contributed by atoms with Crippen LogP contribution < -0.4 is 10.6 Å². The first-order valence-corrected chi connectivity index (χ1v) is 9.80. The van der Waals surface area contributed by atoms with E-state index in [1.807, 2.05) is 12.3 Å². The summed E-state index contributed by atoms with van der Waals surface area (Å²) in [5.74, 6) is -1.36. The average Bonchev–Trinajstić information content (AvgIpc) is 3.30. The summed E-state index contributed by atoms with van der Waals surface area (Å²) >= 11 is 1.46. The van der Waals surface area contributed by atoms with E-state index in [9.17, 15) is 19.2 Å². The van der Waals surface area contributed by atoms with Crippen LogP contribution in [0.3, 0.4) is 0 Å². The van der Waals surface area contributed by atoms with E-state index in [2.05, 4.69) is 15.6 Å². The fourth-order valence-electron chi connectivity index (χ4n) is 3.49. The highest BCUT2D eigenvalue weighted by Gasteiger charge is 2.39. The van der Waals surface area contributed by atoms with Gasteiger partial charge in [0.05, 0.1) is 6.04 Å². The summed E-state index contributed by atoms with van der Waals surface area (Å²) in [6, 6.07) is 4.07. The summed E-state index contributed by atoms with van der Waals surface area (Å²) in [6.45, 7) is 2.14. The molecule has 2 N–H and O–H groups in total. The number of carbonyl (C=O) groups excluding carboxylic acids is 4. The quantitative estimate of drug-likeness (QED) is 0.757. The van der Waals surface area contributed by atoms with Gasteiger partial charge in [-0.2, -0.15) is 0 Å². The molecule has 2 unspecified atom stereocenters. The van der Waals surface area contributed by atoms with Gasteiger partial charge < -0.3 is 10.2 Å². The fourth-order valence-corrected chi connectivity index (χ4v) is 4.13. The fraction of sp³-hybridized carbons (Fsp3) is 0.316. The summed E-state index contributed by atoms with van der Waals surface area (Å²) in [4.78, 5) is 54.5. The lowest BCUT2D eigenvalue weighted by atomic mass is 10.0. The topological polar surface area (TPSA) is 108 Å². The van der Waals surface area contributed by atoms with Gasteiger partial charge in [-0.3, -0.25) is 24.5 Å². The molecule has 4 amide bonds. The van der Waals surface area contributed by atoms with Crippen LogP contribution in [0, 0.1) is 0 Å². The van der Waals surface area contributed by atoms with Crippen molar-refractivity contribution in [2.75, 3.05) is 0 Å². The van der Waals surface area contributed by atoms with Crippen LogP contribution in [0.2, 0.25) is 0 Å². The van der Waals surface area contributed by atoms with E-state index in [4.69, 9.17) is 0 Å². The smallest absolute Gasteiger partial charge is 0.255 e. The van der Waals surface area contributed by atoms with Crippen LogP contribution in [0.4, 0.5) is 0 Å². The number of nitrogens with zero attached hydrogens (tertiary/aromatic N) is 2. The molecule has 2 atom stereocenters. The van der Waals surface area contributed by atoms with E-state index in [0.717, 1.165) is 10.6 Å². The van der Waals surface area contributed by atoms with E-state index < -0.39 is 11.9 Å². The lowest BCUT2D eigenvalue weighted by molar-refractivity contribution is -0.136. The van der Waals surface area contributed by atoms with Gasteiger partial charge in [0.25, 0.3) is 11.8 Å². The molecule has 2 aromatic rings. The third-order valence-corrected chi connectivity index (χ3v) is 5.92. The second-order valence-electron chi connectivity index (χ2n) is 6.84. The van der Waals surface area contributed by atoms with Crippen LogP contribution in [-0.2, 0) is 16.1 Å². The lowest BCUT2D eigenvalue weighted by Gasteiger charge is -2.29. The maximum atomic E-state index is 12.8. The molecule has 2 aliphatic rings. The molecule has 1 aromatic carbocycles. The minimum atomic E-state index is -0.667. The lowest BCUT2D eigenvalue weighted by Crippen LogP contribution is -2.52. The molecule has 8 nitrogen and oxygen atoms in total. The minimum absolute atomic E-state index is 0.207. The number of piperidine rings is 1. The number of aromatic nitrogens is 1. The van der Waals surface area contributed by atoms with Crippen LogP contribution in [0.1, 0.15) is 57.1 Å². The Hall–Kier alpha value is -3.07. The number of hydrogen-bond acceptors (Lipinski definition) is 6. The van der Waals surface area contributed by atoms with Gasteiger partial charge >= 0.3 is 0 Å². The molecule has 1 saturated heterocycles. The standard InChI is InChI=1S/C19H18N4O4S/c1-10(18-20-6-7-28-18)21-16(25)11-2-3-12-9-23(19(27)13(12)8-11)14-4-5-15(24)22-17(14)26/h2-3,6-8,10,14H,4-5,9H2,1H3,(H,21,25)(H,22,24,26). The third kappa shape index (κ3) is 3.29. The van der Waals surface area contributed by atoms with Crippen molar-refractivity contribution in [1.82, 2.24) is 20.5 Å². The van der Waals surface area contributed by atoms with Gasteiger partial charge in [0.1, 0.15) is 11.0 Å². The van der Waals surface area contributed by atoms with E-state index in [0.29, 0.717) is 17.5 Å². The van der Waals surface area contributed by atoms with Crippen LogP contribution in [0.15, 0.2) is 29.8 Å². The molecule has 1 aromatic heterocycles. The highest BCUT2D eigenvalue weighted by atomic mass is 32.1. The summed E-state index contributed by atoms with van der Waals surface area (Å²) in [6.07, 6.45) is 2.20. The van der Waals surface area contributed by atoms with Gasteiger partial charge in [-0.15, -0.1) is 11.3 Å². The monoisotopic (exact) mass is 398 g/mol. The molecule has 4 rings (SSSR count). The van der Waals surface area contributed by atoms with Crippen LogP contribution in [0.25, 0.3) is 0 Å².